The molecule has 96 valence electrons. The molecule has 17 heavy (non-hydrogen) atoms. The van der Waals surface area contributed by atoms with Gasteiger partial charge in [-0.3, -0.25) is 0 Å². The van der Waals surface area contributed by atoms with Crippen molar-refractivity contribution in [1.29, 1.82) is 0 Å². The molecule has 0 amide bonds. The van der Waals surface area contributed by atoms with Crippen LogP contribution in [0.4, 0.5) is 16.2 Å². The summed E-state index contributed by atoms with van der Waals surface area (Å²) in [5.74, 6) is 0.979. The van der Waals surface area contributed by atoms with Gasteiger partial charge in [0.15, 0.2) is 11.6 Å². The number of hydrogen-bond donors (Lipinski definition) is 1. The summed E-state index contributed by atoms with van der Waals surface area (Å²) in [4.78, 5) is 9.98. The van der Waals surface area contributed by atoms with Crippen LogP contribution in [0.2, 0.25) is 0 Å². The molecule has 0 fully saturated rings. The van der Waals surface area contributed by atoms with Crippen LogP contribution < -0.4 is 10.2 Å². The van der Waals surface area contributed by atoms with Gasteiger partial charge in [-0.2, -0.15) is 4.98 Å². The molecule has 0 aliphatic carbocycles. The monoisotopic (exact) mass is 240 g/mol. The lowest BCUT2D eigenvalue weighted by Crippen LogP contribution is -2.30. The third-order valence-corrected chi connectivity index (χ3v) is 2.86. The predicted octanol–water partition coefficient (Wildman–Crippen LogP) is 2.53. The Morgan fingerprint density at radius 2 is 2.18 bits per heavy atom. The normalized spacial score (nSPS) is 12.3. The van der Waals surface area contributed by atoms with Gasteiger partial charge >= 0.3 is 0 Å². The van der Waals surface area contributed by atoms with E-state index in [1.54, 1.807) is 7.05 Å². The number of rotatable bonds is 6. The molecule has 5 heteroatoms. The number of nitrogens with one attached hydrogen (secondary N) is 1. The Morgan fingerprint density at radius 3 is 2.71 bits per heavy atom. The Hall–Kier alpha value is -1.39. The van der Waals surface area contributed by atoms with E-state index in [9.17, 15) is 4.39 Å². The van der Waals surface area contributed by atoms with Crippen molar-refractivity contribution in [3.8, 4) is 0 Å². The van der Waals surface area contributed by atoms with Gasteiger partial charge in [-0.15, -0.1) is 0 Å². The molecule has 0 aromatic carbocycles. The molecule has 0 spiro atoms. The first kappa shape index (κ1) is 13.7. The number of aromatic nitrogens is 2. The molecule has 0 aliphatic heterocycles. The number of halogens is 1. The maximum atomic E-state index is 13.7. The standard InChI is InChI=1S/C12H21FN4/c1-5-9(3)8-17(6-2)11-10(13)7-15-12(14-4)16-11/h7,9H,5-6,8H2,1-4H3,(H,14,15,16). The van der Waals surface area contributed by atoms with Crippen LogP contribution in [-0.2, 0) is 0 Å². The summed E-state index contributed by atoms with van der Waals surface area (Å²) in [6.45, 7) is 7.84. The van der Waals surface area contributed by atoms with Gasteiger partial charge < -0.3 is 10.2 Å². The van der Waals surface area contributed by atoms with E-state index in [1.807, 2.05) is 11.8 Å². The van der Waals surface area contributed by atoms with Crippen molar-refractivity contribution in [2.75, 3.05) is 30.4 Å². The highest BCUT2D eigenvalue weighted by Crippen LogP contribution is 2.19. The molecule has 1 heterocycles. The largest absolute Gasteiger partial charge is 0.357 e. The summed E-state index contributed by atoms with van der Waals surface area (Å²) >= 11 is 0. The van der Waals surface area contributed by atoms with Crippen molar-refractivity contribution < 1.29 is 4.39 Å². The molecule has 0 bridgehead atoms. The van der Waals surface area contributed by atoms with Gasteiger partial charge in [0.05, 0.1) is 6.20 Å². The second-order valence-corrected chi connectivity index (χ2v) is 4.17. The third-order valence-electron chi connectivity index (χ3n) is 2.86. The summed E-state index contributed by atoms with van der Waals surface area (Å²) in [6, 6.07) is 0. The minimum Gasteiger partial charge on any atom is -0.357 e. The zero-order chi connectivity index (χ0) is 12.8. The lowest BCUT2D eigenvalue weighted by molar-refractivity contribution is 0.532. The quantitative estimate of drug-likeness (QED) is 0.829. The van der Waals surface area contributed by atoms with E-state index in [4.69, 9.17) is 0 Å². The molecular formula is C12H21FN4. The summed E-state index contributed by atoms with van der Waals surface area (Å²) in [6.07, 6.45) is 2.29. The molecule has 1 rings (SSSR count). The molecule has 1 aromatic rings. The lowest BCUT2D eigenvalue weighted by Gasteiger charge is -2.25. The van der Waals surface area contributed by atoms with Gasteiger partial charge in [0.2, 0.25) is 5.95 Å². The van der Waals surface area contributed by atoms with Crippen molar-refractivity contribution in [3.05, 3.63) is 12.0 Å². The summed E-state index contributed by atoms with van der Waals surface area (Å²) < 4.78 is 13.7. The number of hydrogen-bond acceptors (Lipinski definition) is 4. The molecule has 1 aromatic heterocycles. The SMILES string of the molecule is CCC(C)CN(CC)c1nc(NC)ncc1F. The Kier molecular flexibility index (Phi) is 5.12. The summed E-state index contributed by atoms with van der Waals surface area (Å²) in [7, 11) is 1.72. The molecule has 0 aliphatic rings. The molecule has 0 saturated carbocycles. The fraction of sp³-hybridized carbons (Fsp3) is 0.667. The van der Waals surface area contributed by atoms with Crippen LogP contribution in [0.5, 0.6) is 0 Å². The highest BCUT2D eigenvalue weighted by molar-refractivity contribution is 5.43. The summed E-state index contributed by atoms with van der Waals surface area (Å²) in [5, 5.41) is 2.83. The molecular weight excluding hydrogens is 219 g/mol. The van der Waals surface area contributed by atoms with Gasteiger partial charge in [-0.25, -0.2) is 9.37 Å². The van der Waals surface area contributed by atoms with E-state index in [0.717, 1.165) is 19.5 Å². The van der Waals surface area contributed by atoms with Crippen molar-refractivity contribution in [2.45, 2.75) is 27.2 Å². The van der Waals surface area contributed by atoms with Crippen LogP contribution in [0.25, 0.3) is 0 Å². The Balaban J connectivity index is 2.93. The molecule has 4 nitrogen and oxygen atoms in total. The maximum Gasteiger partial charge on any atom is 0.224 e. The molecule has 1 N–H and O–H groups in total. The van der Waals surface area contributed by atoms with E-state index in [-0.39, 0.29) is 5.82 Å². The maximum absolute atomic E-state index is 13.7. The smallest absolute Gasteiger partial charge is 0.224 e. The Bertz CT molecular complexity index is 356. The zero-order valence-electron chi connectivity index (χ0n) is 11.0. The van der Waals surface area contributed by atoms with E-state index in [2.05, 4.69) is 29.1 Å². The van der Waals surface area contributed by atoms with Crippen LogP contribution in [-0.4, -0.2) is 30.1 Å². The fourth-order valence-electron chi connectivity index (χ4n) is 1.57. The predicted molar refractivity (Wildman–Crippen MR) is 68.9 cm³/mol. The van der Waals surface area contributed by atoms with Crippen LogP contribution in [0, 0.1) is 11.7 Å². The average Bonchev–Trinajstić information content (AvgIpc) is 2.36. The van der Waals surface area contributed by atoms with Crippen LogP contribution in [0.15, 0.2) is 6.20 Å². The number of nitrogens with zero attached hydrogens (tertiary/aromatic N) is 3. The summed E-state index contributed by atoms with van der Waals surface area (Å²) in [5.41, 5.74) is 0. The number of anilines is 2. The molecule has 0 saturated heterocycles. The average molecular weight is 240 g/mol. The van der Waals surface area contributed by atoms with Crippen LogP contribution in [0.1, 0.15) is 27.2 Å². The fourth-order valence-corrected chi connectivity index (χ4v) is 1.57. The molecule has 1 atom stereocenters. The van der Waals surface area contributed by atoms with Crippen molar-refractivity contribution >= 4 is 11.8 Å². The first-order valence-corrected chi connectivity index (χ1v) is 6.07. The van der Waals surface area contributed by atoms with Gasteiger partial charge in [0.25, 0.3) is 0 Å². The second-order valence-electron chi connectivity index (χ2n) is 4.17. The minimum atomic E-state index is -0.367. The minimum absolute atomic E-state index is 0.367. The molecule has 0 radical (unpaired) electrons. The van der Waals surface area contributed by atoms with Crippen LogP contribution >= 0.6 is 0 Å². The highest BCUT2D eigenvalue weighted by atomic mass is 19.1. The van der Waals surface area contributed by atoms with E-state index in [1.165, 1.54) is 6.20 Å². The molecule has 1 unspecified atom stereocenters. The van der Waals surface area contributed by atoms with Gasteiger partial charge in [0.1, 0.15) is 0 Å². The zero-order valence-corrected chi connectivity index (χ0v) is 11.0. The topological polar surface area (TPSA) is 41.1 Å². The lowest BCUT2D eigenvalue weighted by atomic mass is 10.1. The van der Waals surface area contributed by atoms with Crippen molar-refractivity contribution in [1.82, 2.24) is 9.97 Å². The van der Waals surface area contributed by atoms with Crippen molar-refractivity contribution in [3.63, 3.8) is 0 Å². The van der Waals surface area contributed by atoms with Crippen LogP contribution in [0.3, 0.4) is 0 Å². The second kappa shape index (κ2) is 6.37. The van der Waals surface area contributed by atoms with Gasteiger partial charge in [-0.1, -0.05) is 20.3 Å². The third kappa shape index (κ3) is 3.54. The van der Waals surface area contributed by atoms with E-state index >= 15 is 0 Å². The van der Waals surface area contributed by atoms with Gasteiger partial charge in [0, 0.05) is 20.1 Å². The highest BCUT2D eigenvalue weighted by Gasteiger charge is 2.15. The Morgan fingerprint density at radius 1 is 1.47 bits per heavy atom. The van der Waals surface area contributed by atoms with Crippen molar-refractivity contribution in [2.24, 2.45) is 5.92 Å². The first-order chi connectivity index (χ1) is 8.12. The van der Waals surface area contributed by atoms with E-state index < -0.39 is 0 Å². The first-order valence-electron chi connectivity index (χ1n) is 6.07. The van der Waals surface area contributed by atoms with Gasteiger partial charge in [-0.05, 0) is 12.8 Å². The Labute approximate surface area is 102 Å². The van der Waals surface area contributed by atoms with E-state index in [0.29, 0.717) is 17.7 Å².